The molecule has 4 heterocycles. The number of aromatic nitrogens is 5. The molecule has 0 aromatic carbocycles. The smallest absolute Gasteiger partial charge is 0.415 e. The highest BCUT2D eigenvalue weighted by Gasteiger charge is 2.34. The highest BCUT2D eigenvalue weighted by atomic mass is 16.6. The van der Waals surface area contributed by atoms with Crippen LogP contribution in [0.25, 0.3) is 11.5 Å². The highest BCUT2D eigenvalue weighted by Crippen LogP contribution is 2.27. The standard InChI is InChI=1S/C29H34N8O5/c1-6-41-21-13-12-19(21)33-26(38)18-17-31-37-24(35(5)28(40)42-29(2,3)4)16-22(34-25(18)37)32-20-10-9-15-36(27(20)39)23-11-7-8-14-30-23/h7-11,14-17,19,21H,6,12-13H2,1-5H3,(H,32,34)(H,33,38)/t19-,21-/m0/s1. The van der Waals surface area contributed by atoms with Gasteiger partial charge in [-0.1, -0.05) is 6.07 Å². The van der Waals surface area contributed by atoms with E-state index < -0.39 is 11.7 Å². The van der Waals surface area contributed by atoms with Crippen molar-refractivity contribution in [3.05, 3.63) is 70.9 Å². The van der Waals surface area contributed by atoms with Crippen LogP contribution >= 0.6 is 0 Å². The van der Waals surface area contributed by atoms with Crippen molar-refractivity contribution >= 4 is 35.0 Å². The number of fused-ring (bicyclic) bond motifs is 1. The monoisotopic (exact) mass is 574 g/mol. The predicted molar refractivity (Wildman–Crippen MR) is 157 cm³/mol. The van der Waals surface area contributed by atoms with Gasteiger partial charge in [0.25, 0.3) is 11.5 Å². The van der Waals surface area contributed by atoms with Gasteiger partial charge in [-0.3, -0.25) is 19.1 Å². The maximum absolute atomic E-state index is 13.4. The van der Waals surface area contributed by atoms with Gasteiger partial charge in [0.15, 0.2) is 5.65 Å². The zero-order valence-electron chi connectivity index (χ0n) is 24.2. The van der Waals surface area contributed by atoms with Crippen molar-refractivity contribution in [1.29, 1.82) is 0 Å². The number of rotatable bonds is 8. The average molecular weight is 575 g/mol. The van der Waals surface area contributed by atoms with Crippen molar-refractivity contribution in [1.82, 2.24) is 29.5 Å². The average Bonchev–Trinajstić information content (AvgIpc) is 3.38. The zero-order valence-corrected chi connectivity index (χ0v) is 24.2. The van der Waals surface area contributed by atoms with Crippen molar-refractivity contribution < 1.29 is 19.1 Å². The number of hydrogen-bond acceptors (Lipinski definition) is 9. The Morgan fingerprint density at radius 1 is 1.17 bits per heavy atom. The number of carbonyl (C=O) groups is 2. The quantitative estimate of drug-likeness (QED) is 0.322. The molecule has 13 nitrogen and oxygen atoms in total. The molecule has 5 rings (SSSR count). The van der Waals surface area contributed by atoms with Gasteiger partial charge >= 0.3 is 6.09 Å². The summed E-state index contributed by atoms with van der Waals surface area (Å²) in [5.41, 5.74) is -0.493. The van der Waals surface area contributed by atoms with Crippen LogP contribution in [-0.2, 0) is 9.47 Å². The molecule has 1 aliphatic carbocycles. The van der Waals surface area contributed by atoms with E-state index in [1.807, 2.05) is 6.92 Å². The normalized spacial score (nSPS) is 16.5. The van der Waals surface area contributed by atoms with Gasteiger partial charge in [-0.15, -0.1) is 0 Å². The third kappa shape index (κ3) is 5.96. The summed E-state index contributed by atoms with van der Waals surface area (Å²) >= 11 is 0. The summed E-state index contributed by atoms with van der Waals surface area (Å²) in [6.45, 7) is 7.78. The number of carbonyl (C=O) groups excluding carboxylic acids is 2. The second-order valence-electron chi connectivity index (χ2n) is 10.9. The van der Waals surface area contributed by atoms with Gasteiger partial charge in [-0.25, -0.2) is 14.8 Å². The lowest BCUT2D eigenvalue weighted by atomic mass is 9.89. The van der Waals surface area contributed by atoms with E-state index in [9.17, 15) is 14.4 Å². The number of ether oxygens (including phenoxy) is 2. The Bertz CT molecular complexity index is 1660. The second kappa shape index (κ2) is 11.6. The fourth-order valence-electron chi connectivity index (χ4n) is 4.53. The first-order chi connectivity index (χ1) is 20.1. The van der Waals surface area contributed by atoms with Gasteiger partial charge in [0, 0.05) is 32.1 Å². The Morgan fingerprint density at radius 2 is 1.98 bits per heavy atom. The molecular weight excluding hydrogens is 540 g/mol. The minimum atomic E-state index is -0.742. The van der Waals surface area contributed by atoms with Gasteiger partial charge in [0.2, 0.25) is 0 Å². The molecular formula is C29H34N8O5. The van der Waals surface area contributed by atoms with Crippen molar-refractivity contribution in [3.63, 3.8) is 0 Å². The lowest BCUT2D eigenvalue weighted by Gasteiger charge is -2.36. The largest absolute Gasteiger partial charge is 0.443 e. The molecule has 4 aromatic heterocycles. The Labute approximate surface area is 242 Å². The van der Waals surface area contributed by atoms with Crippen molar-refractivity contribution in [2.75, 3.05) is 23.9 Å². The fourth-order valence-corrected chi connectivity index (χ4v) is 4.53. The van der Waals surface area contributed by atoms with Crippen LogP contribution in [0.2, 0.25) is 0 Å². The first-order valence-corrected chi connectivity index (χ1v) is 13.7. The molecule has 2 N–H and O–H groups in total. The van der Waals surface area contributed by atoms with Crippen molar-refractivity contribution in [2.24, 2.45) is 0 Å². The van der Waals surface area contributed by atoms with E-state index >= 15 is 0 Å². The predicted octanol–water partition coefficient (Wildman–Crippen LogP) is 3.69. The number of anilines is 3. The number of nitrogens with zero attached hydrogens (tertiary/aromatic N) is 6. The minimum absolute atomic E-state index is 0.0424. The molecule has 1 saturated carbocycles. The molecule has 0 aliphatic heterocycles. The number of pyridine rings is 2. The van der Waals surface area contributed by atoms with Crippen LogP contribution in [-0.4, -0.2) is 67.6 Å². The lowest BCUT2D eigenvalue weighted by Crippen LogP contribution is -2.51. The topological polar surface area (TPSA) is 145 Å². The maximum Gasteiger partial charge on any atom is 0.415 e. The summed E-state index contributed by atoms with van der Waals surface area (Å²) in [5.74, 6) is 0.574. The first-order valence-electron chi connectivity index (χ1n) is 13.7. The third-order valence-electron chi connectivity index (χ3n) is 6.72. The fraction of sp³-hybridized carbons (Fsp3) is 0.379. The van der Waals surface area contributed by atoms with E-state index in [0.717, 1.165) is 12.8 Å². The summed E-state index contributed by atoms with van der Waals surface area (Å²) in [7, 11) is 1.53. The number of amides is 2. The van der Waals surface area contributed by atoms with E-state index in [1.54, 1.807) is 69.6 Å². The zero-order chi connectivity index (χ0) is 30.0. The molecule has 13 heteroatoms. The molecule has 1 fully saturated rings. The Hall–Kier alpha value is -4.78. The summed E-state index contributed by atoms with van der Waals surface area (Å²) in [6, 6.07) is 10.0. The van der Waals surface area contributed by atoms with Gasteiger partial charge in [0.1, 0.15) is 34.3 Å². The maximum atomic E-state index is 13.4. The Balaban J connectivity index is 1.54. The van der Waals surface area contributed by atoms with Gasteiger partial charge in [-0.05, 0) is 64.8 Å². The summed E-state index contributed by atoms with van der Waals surface area (Å²) in [4.78, 5) is 49.9. The lowest BCUT2D eigenvalue weighted by molar-refractivity contribution is -0.0180. The third-order valence-corrected chi connectivity index (χ3v) is 6.72. The Kier molecular flexibility index (Phi) is 7.94. The first kappa shape index (κ1) is 28.7. The summed E-state index contributed by atoms with van der Waals surface area (Å²) in [5, 5.41) is 10.4. The highest BCUT2D eigenvalue weighted by molar-refractivity contribution is 6.00. The second-order valence-corrected chi connectivity index (χ2v) is 10.9. The van der Waals surface area contributed by atoms with E-state index in [2.05, 4.69) is 25.7 Å². The van der Waals surface area contributed by atoms with Crippen molar-refractivity contribution in [3.8, 4) is 5.82 Å². The molecule has 2 atom stereocenters. The van der Waals surface area contributed by atoms with E-state index in [-0.39, 0.29) is 52.1 Å². The van der Waals surface area contributed by atoms with Crippen LogP contribution < -0.4 is 21.1 Å². The Morgan fingerprint density at radius 3 is 2.64 bits per heavy atom. The van der Waals surface area contributed by atoms with Crippen LogP contribution in [0, 0.1) is 0 Å². The van der Waals surface area contributed by atoms with E-state index in [4.69, 9.17) is 9.47 Å². The molecule has 0 bridgehead atoms. The molecule has 2 amide bonds. The molecule has 4 aromatic rings. The van der Waals surface area contributed by atoms with E-state index in [1.165, 1.54) is 27.2 Å². The van der Waals surface area contributed by atoms with Crippen LogP contribution in [0.3, 0.4) is 0 Å². The van der Waals surface area contributed by atoms with Crippen LogP contribution in [0.15, 0.2) is 59.8 Å². The summed E-state index contributed by atoms with van der Waals surface area (Å²) < 4.78 is 14.0. The van der Waals surface area contributed by atoms with Gasteiger partial charge < -0.3 is 20.1 Å². The molecule has 0 radical (unpaired) electrons. The molecule has 0 spiro atoms. The van der Waals surface area contributed by atoms with Crippen LogP contribution in [0.1, 0.15) is 50.9 Å². The number of hydrogen-bond donors (Lipinski definition) is 2. The van der Waals surface area contributed by atoms with Crippen molar-refractivity contribution in [2.45, 2.75) is 58.3 Å². The molecule has 42 heavy (non-hydrogen) atoms. The van der Waals surface area contributed by atoms with Gasteiger partial charge in [0.05, 0.1) is 18.3 Å². The van der Waals surface area contributed by atoms with Crippen LogP contribution in [0.4, 0.5) is 22.1 Å². The number of nitrogens with one attached hydrogen (secondary N) is 2. The summed E-state index contributed by atoms with van der Waals surface area (Å²) in [6.07, 6.45) is 5.62. The molecule has 0 unspecified atom stereocenters. The minimum Gasteiger partial charge on any atom is -0.443 e. The van der Waals surface area contributed by atoms with E-state index in [0.29, 0.717) is 12.4 Å². The molecule has 0 saturated heterocycles. The molecule has 220 valence electrons. The van der Waals surface area contributed by atoms with Crippen LogP contribution in [0.5, 0.6) is 0 Å². The molecule has 1 aliphatic rings. The SMILES string of the molecule is CCO[C@H]1CC[C@@H]1NC(=O)c1cnn2c(N(C)C(=O)OC(C)(C)C)cc(Nc3cccn(-c4ccccn4)c3=O)nc12. The van der Waals surface area contributed by atoms with Gasteiger partial charge in [-0.2, -0.15) is 9.61 Å².